The quantitative estimate of drug-likeness (QED) is 0.0173. The van der Waals surface area contributed by atoms with Crippen LogP contribution in [0.1, 0.15) is 181 Å². The summed E-state index contributed by atoms with van der Waals surface area (Å²) in [6, 6.07) is 0. The van der Waals surface area contributed by atoms with Gasteiger partial charge in [-0.05, 0) is 25.7 Å². The van der Waals surface area contributed by atoms with E-state index in [1.807, 2.05) is 0 Å². The van der Waals surface area contributed by atoms with Gasteiger partial charge in [0.1, 0.15) is 6.61 Å². The molecule has 0 rings (SSSR count). The number of hydrogen-bond donors (Lipinski definition) is 5. The molecule has 0 aliphatic heterocycles. The van der Waals surface area contributed by atoms with Gasteiger partial charge < -0.3 is 34.6 Å². The summed E-state index contributed by atoms with van der Waals surface area (Å²) in [5.74, 6) is -1.21. The van der Waals surface area contributed by atoms with E-state index in [0.29, 0.717) is 6.42 Å². The van der Waals surface area contributed by atoms with Crippen LogP contribution >= 0.6 is 7.82 Å². The van der Waals surface area contributed by atoms with Crippen LogP contribution in [0.25, 0.3) is 0 Å². The molecule has 56 heavy (non-hydrogen) atoms. The fourth-order valence-corrected chi connectivity index (χ4v) is 6.41. The van der Waals surface area contributed by atoms with Gasteiger partial charge in [0.25, 0.3) is 0 Å². The minimum absolute atomic E-state index is 0.0850. The van der Waals surface area contributed by atoms with Crippen molar-refractivity contribution in [2.24, 2.45) is 0 Å². The van der Waals surface area contributed by atoms with Crippen molar-refractivity contribution < 1.29 is 53.3 Å². The van der Waals surface area contributed by atoms with Crippen molar-refractivity contribution in [1.82, 2.24) is 0 Å². The number of carbonyl (C=O) groups excluding carboxylic acids is 2. The Kier molecular flexibility index (Phi) is 37.0. The van der Waals surface area contributed by atoms with Crippen molar-refractivity contribution in [2.75, 3.05) is 13.2 Å². The van der Waals surface area contributed by atoms with Gasteiger partial charge >= 0.3 is 19.8 Å². The number of phosphoric acid groups is 1. The minimum Gasteiger partial charge on any atom is -0.462 e. The molecule has 0 saturated heterocycles. The maximum Gasteiger partial charge on any atom is 0.469 e. The summed E-state index contributed by atoms with van der Waals surface area (Å²) < 4.78 is 26.2. The predicted octanol–water partition coefficient (Wildman–Crippen LogP) is 10.0. The number of aliphatic hydroxyl groups excluding tert-OH is 3. The molecule has 12 heteroatoms. The molecule has 0 aromatic carbocycles. The Bertz CT molecular complexity index is 1100. The zero-order valence-corrected chi connectivity index (χ0v) is 35.8. The van der Waals surface area contributed by atoms with Crippen LogP contribution in [0.3, 0.4) is 0 Å². The molecule has 0 saturated carbocycles. The minimum atomic E-state index is -4.84. The highest BCUT2D eigenvalue weighted by atomic mass is 31.2. The molecule has 0 aliphatic carbocycles. The monoisotopic (exact) mass is 815 g/mol. The van der Waals surface area contributed by atoms with Crippen molar-refractivity contribution in [3.05, 3.63) is 48.6 Å². The highest BCUT2D eigenvalue weighted by molar-refractivity contribution is 7.46. The van der Waals surface area contributed by atoms with Gasteiger partial charge in [-0.1, -0.05) is 191 Å². The lowest BCUT2D eigenvalue weighted by Crippen LogP contribution is -2.29. The van der Waals surface area contributed by atoms with Gasteiger partial charge in [-0.15, -0.1) is 0 Å². The van der Waals surface area contributed by atoms with Crippen molar-refractivity contribution in [3.8, 4) is 0 Å². The third kappa shape index (κ3) is 38.7. The number of unbranched alkanes of at least 4 members (excludes halogenated alkanes) is 19. The number of rotatable bonds is 39. The number of hydrogen-bond acceptors (Lipinski definition) is 9. The second-order valence-corrected chi connectivity index (χ2v) is 16.1. The second kappa shape index (κ2) is 38.4. The Morgan fingerprint density at radius 2 is 0.982 bits per heavy atom. The Hall–Kier alpha value is -2.11. The average Bonchev–Trinajstić information content (AvgIpc) is 3.16. The van der Waals surface area contributed by atoms with Crippen LogP contribution in [0, 0.1) is 0 Å². The largest absolute Gasteiger partial charge is 0.469 e. The highest BCUT2D eigenvalue weighted by Crippen LogP contribution is 2.36. The van der Waals surface area contributed by atoms with Gasteiger partial charge in [-0.3, -0.25) is 14.1 Å². The normalized spacial score (nSPS) is 14.6. The third-order valence-corrected chi connectivity index (χ3v) is 9.95. The van der Waals surface area contributed by atoms with E-state index in [2.05, 4.69) is 18.4 Å². The molecule has 0 aromatic heterocycles. The number of carbonyl (C=O) groups is 2. The maximum absolute atomic E-state index is 12.4. The average molecular weight is 815 g/mol. The SMILES string of the molecule is CCCCCCCCCCCCCCCCCCCCC(=O)O[C@H](COC(=O)CCC[C@@H](O)[C@H](O)/C=C/C=C/C=C\C=C\[C@H](O)CCCCC)COP(=O)(O)O. The summed E-state index contributed by atoms with van der Waals surface area (Å²) in [5.41, 5.74) is 0. The molecule has 5 N–H and O–H groups in total. The van der Waals surface area contributed by atoms with Crippen molar-refractivity contribution in [1.29, 1.82) is 0 Å². The van der Waals surface area contributed by atoms with Gasteiger partial charge in [0.05, 0.1) is 24.9 Å². The molecule has 0 spiro atoms. The van der Waals surface area contributed by atoms with Crippen LogP contribution in [0.5, 0.6) is 0 Å². The van der Waals surface area contributed by atoms with Gasteiger partial charge in [-0.2, -0.15) is 0 Å². The lowest BCUT2D eigenvalue weighted by atomic mass is 10.0. The Morgan fingerprint density at radius 1 is 0.536 bits per heavy atom. The first-order valence-corrected chi connectivity index (χ1v) is 23.3. The van der Waals surface area contributed by atoms with E-state index in [4.69, 9.17) is 19.3 Å². The number of ether oxygens (including phenoxy) is 2. The topological polar surface area (TPSA) is 180 Å². The fourth-order valence-electron chi connectivity index (χ4n) is 6.05. The molecule has 0 bridgehead atoms. The summed E-state index contributed by atoms with van der Waals surface area (Å²) in [5, 5.41) is 30.3. The third-order valence-electron chi connectivity index (χ3n) is 9.47. The zero-order valence-electron chi connectivity index (χ0n) is 34.9. The second-order valence-electron chi connectivity index (χ2n) is 14.9. The highest BCUT2D eigenvalue weighted by Gasteiger charge is 2.23. The molecular formula is C44H79O11P. The van der Waals surface area contributed by atoms with E-state index >= 15 is 0 Å². The molecule has 326 valence electrons. The molecule has 4 atom stereocenters. The summed E-state index contributed by atoms with van der Waals surface area (Å²) in [6.45, 7) is 3.30. The zero-order chi connectivity index (χ0) is 41.5. The summed E-state index contributed by atoms with van der Waals surface area (Å²) in [4.78, 5) is 42.9. The van der Waals surface area contributed by atoms with E-state index in [0.717, 1.165) is 44.9 Å². The molecule has 11 nitrogen and oxygen atoms in total. The van der Waals surface area contributed by atoms with Gasteiger partial charge in [-0.25, -0.2) is 4.57 Å². The number of phosphoric ester groups is 1. The molecule has 0 aliphatic rings. The first kappa shape index (κ1) is 53.9. The summed E-state index contributed by atoms with van der Waals surface area (Å²) in [7, 11) is -4.84. The molecule has 0 radical (unpaired) electrons. The maximum atomic E-state index is 12.4. The summed E-state index contributed by atoms with van der Waals surface area (Å²) in [6.07, 6.45) is 36.3. The first-order chi connectivity index (χ1) is 27.0. The van der Waals surface area contributed by atoms with Crippen molar-refractivity contribution in [3.63, 3.8) is 0 Å². The fraction of sp³-hybridized carbons (Fsp3) is 0.773. The Balaban J connectivity index is 4.20. The van der Waals surface area contributed by atoms with E-state index < -0.39 is 57.4 Å². The van der Waals surface area contributed by atoms with Crippen molar-refractivity contribution in [2.45, 2.75) is 205 Å². The Labute approximate surface area is 339 Å². The van der Waals surface area contributed by atoms with Crippen LogP contribution in [-0.4, -0.2) is 74.7 Å². The van der Waals surface area contributed by atoms with E-state index in [9.17, 15) is 29.5 Å². The smallest absolute Gasteiger partial charge is 0.462 e. The molecule has 0 aromatic rings. The molecule has 0 heterocycles. The van der Waals surface area contributed by atoms with Gasteiger partial charge in [0.15, 0.2) is 6.10 Å². The molecule has 0 unspecified atom stereocenters. The predicted molar refractivity (Wildman–Crippen MR) is 225 cm³/mol. The van der Waals surface area contributed by atoms with E-state index in [1.54, 1.807) is 42.5 Å². The first-order valence-electron chi connectivity index (χ1n) is 21.8. The standard InChI is InChI=1S/C44H79O11P/c1-3-5-7-8-9-10-11-12-13-14-15-16-17-18-19-20-25-29-35-44(49)55-40(38-54-56(50,51)52)37-53-43(48)36-30-34-42(47)41(46)33-28-24-22-21-23-27-32-39(45)31-26-6-4-2/h21-24,27-28,32-33,39-42,45-47H,3-20,25-26,29-31,34-38H2,1-2H3,(H2,50,51,52)/b23-21-,24-22+,32-27+,33-28+/t39-,40-,41-,42-/m1/s1. The molecule has 0 amide bonds. The molecule has 0 fully saturated rings. The van der Waals surface area contributed by atoms with Crippen LogP contribution in [-0.2, 0) is 28.2 Å². The van der Waals surface area contributed by atoms with Crippen LogP contribution in [0.15, 0.2) is 48.6 Å². The molecular weight excluding hydrogens is 735 g/mol. The van der Waals surface area contributed by atoms with Gasteiger partial charge in [0.2, 0.25) is 0 Å². The lowest BCUT2D eigenvalue weighted by Gasteiger charge is -2.18. The van der Waals surface area contributed by atoms with Crippen LogP contribution in [0.4, 0.5) is 0 Å². The van der Waals surface area contributed by atoms with Crippen LogP contribution in [0.2, 0.25) is 0 Å². The number of esters is 2. The van der Waals surface area contributed by atoms with E-state index in [-0.39, 0.29) is 25.7 Å². The lowest BCUT2D eigenvalue weighted by molar-refractivity contribution is -0.161. The number of aliphatic hydroxyl groups is 3. The van der Waals surface area contributed by atoms with Crippen molar-refractivity contribution >= 4 is 19.8 Å². The Morgan fingerprint density at radius 3 is 1.50 bits per heavy atom. The number of allylic oxidation sites excluding steroid dienone is 6. The summed E-state index contributed by atoms with van der Waals surface area (Å²) >= 11 is 0. The van der Waals surface area contributed by atoms with E-state index in [1.165, 1.54) is 96.0 Å². The van der Waals surface area contributed by atoms with Gasteiger partial charge in [0, 0.05) is 12.8 Å². The van der Waals surface area contributed by atoms with Crippen LogP contribution < -0.4 is 0 Å².